The summed E-state index contributed by atoms with van der Waals surface area (Å²) in [5.74, 6) is -1.81. The first-order valence-corrected chi connectivity index (χ1v) is 10.0. The summed E-state index contributed by atoms with van der Waals surface area (Å²) in [5, 5.41) is 22.3. The van der Waals surface area contributed by atoms with Crippen LogP contribution >= 0.6 is 11.6 Å². The van der Waals surface area contributed by atoms with Crippen LogP contribution in [0.2, 0.25) is 5.02 Å². The molecule has 0 saturated carbocycles. The number of hydrogen-bond acceptors (Lipinski definition) is 5. The van der Waals surface area contributed by atoms with Crippen molar-refractivity contribution in [2.24, 2.45) is 0 Å². The maximum Gasteiger partial charge on any atom is 0.295 e. The molecule has 2 aromatic carbocycles. The van der Waals surface area contributed by atoms with Crippen LogP contribution in [0.4, 0.5) is 5.69 Å². The molecule has 30 heavy (non-hydrogen) atoms. The Morgan fingerprint density at radius 3 is 2.30 bits per heavy atom. The highest BCUT2D eigenvalue weighted by Crippen LogP contribution is 2.40. The lowest BCUT2D eigenvalue weighted by molar-refractivity contribution is -0.384. The topological polar surface area (TPSA) is 101 Å². The van der Waals surface area contributed by atoms with Gasteiger partial charge >= 0.3 is 0 Å². The number of unbranched alkanes of at least 4 members (excludes halogenated alkanes) is 2. The molecule has 1 aliphatic rings. The Morgan fingerprint density at radius 1 is 1.10 bits per heavy atom. The van der Waals surface area contributed by atoms with Crippen LogP contribution in [0.5, 0.6) is 0 Å². The lowest BCUT2D eigenvalue weighted by Crippen LogP contribution is -2.30. The molecule has 1 atom stereocenters. The fraction of sp³-hybridized carbons (Fsp3) is 0.273. The molecule has 1 N–H and O–H groups in total. The molecule has 1 aliphatic heterocycles. The van der Waals surface area contributed by atoms with E-state index in [1.54, 1.807) is 24.3 Å². The van der Waals surface area contributed by atoms with Gasteiger partial charge in [0, 0.05) is 29.3 Å². The Balaban J connectivity index is 2.09. The summed E-state index contributed by atoms with van der Waals surface area (Å²) in [7, 11) is 0. The van der Waals surface area contributed by atoms with Gasteiger partial charge in [0.15, 0.2) is 0 Å². The van der Waals surface area contributed by atoms with E-state index >= 15 is 0 Å². The molecule has 3 rings (SSSR count). The SMILES string of the molecule is CCCCCN1C(=O)C(=O)/C(=C(\O)c2ccc([N+](=O)[O-])cc2)C1c1ccc(Cl)cc1. The zero-order valence-corrected chi connectivity index (χ0v) is 17.1. The molecule has 1 saturated heterocycles. The minimum Gasteiger partial charge on any atom is -0.507 e. The molecular formula is C22H21ClN2O5. The number of halogens is 1. The Kier molecular flexibility index (Phi) is 6.52. The lowest BCUT2D eigenvalue weighted by atomic mass is 9.95. The number of amides is 1. The number of nitro benzene ring substituents is 1. The quantitative estimate of drug-likeness (QED) is 0.169. The van der Waals surface area contributed by atoms with Crippen LogP contribution in [-0.2, 0) is 9.59 Å². The number of likely N-dealkylation sites (tertiary alicyclic amines) is 1. The largest absolute Gasteiger partial charge is 0.507 e. The van der Waals surface area contributed by atoms with E-state index in [-0.39, 0.29) is 22.6 Å². The van der Waals surface area contributed by atoms with Gasteiger partial charge in [-0.1, -0.05) is 43.5 Å². The highest BCUT2D eigenvalue weighted by molar-refractivity contribution is 6.46. The molecule has 0 aromatic heterocycles. The summed E-state index contributed by atoms with van der Waals surface area (Å²) in [6, 6.07) is 11.2. The normalized spacial score (nSPS) is 18.1. The van der Waals surface area contributed by atoms with Gasteiger partial charge in [0.05, 0.1) is 16.5 Å². The third-order valence-corrected chi connectivity index (χ3v) is 5.33. The van der Waals surface area contributed by atoms with Crippen molar-refractivity contribution >= 4 is 34.7 Å². The third kappa shape index (κ3) is 4.21. The number of carbonyl (C=O) groups is 2. The van der Waals surface area contributed by atoms with Crippen molar-refractivity contribution in [1.29, 1.82) is 0 Å². The molecule has 1 unspecified atom stereocenters. The van der Waals surface area contributed by atoms with Gasteiger partial charge in [-0.25, -0.2) is 0 Å². The standard InChI is InChI=1S/C22H21ClN2O5/c1-2-3-4-13-24-19(14-5-9-16(23)10-6-14)18(21(27)22(24)28)20(26)15-7-11-17(12-8-15)25(29)30/h5-12,19,26H,2-4,13H2,1H3/b20-18-. The van der Waals surface area contributed by atoms with Crippen LogP contribution in [0.1, 0.15) is 43.4 Å². The van der Waals surface area contributed by atoms with Crippen LogP contribution in [0.15, 0.2) is 54.1 Å². The Morgan fingerprint density at radius 2 is 1.73 bits per heavy atom. The number of carbonyl (C=O) groups excluding carboxylic acids is 2. The van der Waals surface area contributed by atoms with Gasteiger partial charge in [0.25, 0.3) is 17.4 Å². The molecule has 2 aromatic rings. The van der Waals surface area contributed by atoms with Crippen LogP contribution in [0.3, 0.4) is 0 Å². The van der Waals surface area contributed by atoms with Crippen molar-refractivity contribution in [3.8, 4) is 0 Å². The molecule has 0 bridgehead atoms. The monoisotopic (exact) mass is 428 g/mol. The molecular weight excluding hydrogens is 408 g/mol. The van der Waals surface area contributed by atoms with E-state index in [0.29, 0.717) is 17.1 Å². The van der Waals surface area contributed by atoms with Crippen LogP contribution in [0, 0.1) is 10.1 Å². The number of rotatable bonds is 7. The minimum atomic E-state index is -0.776. The fourth-order valence-corrected chi connectivity index (χ4v) is 3.66. The number of aliphatic hydroxyl groups excluding tert-OH is 1. The zero-order valence-electron chi connectivity index (χ0n) is 16.4. The van der Waals surface area contributed by atoms with Gasteiger partial charge in [-0.15, -0.1) is 0 Å². The third-order valence-electron chi connectivity index (χ3n) is 5.08. The summed E-state index contributed by atoms with van der Waals surface area (Å²) in [6.07, 6.45) is 2.59. The minimum absolute atomic E-state index is 0.0346. The van der Waals surface area contributed by atoms with E-state index < -0.39 is 22.7 Å². The Hall–Kier alpha value is -3.19. The van der Waals surface area contributed by atoms with Crippen molar-refractivity contribution < 1.29 is 19.6 Å². The number of ketones is 1. The van der Waals surface area contributed by atoms with Crippen LogP contribution in [0.25, 0.3) is 5.76 Å². The molecule has 1 heterocycles. The molecule has 1 fully saturated rings. The van der Waals surface area contributed by atoms with Crippen molar-refractivity contribution in [2.75, 3.05) is 6.54 Å². The number of aliphatic hydroxyl groups is 1. The van der Waals surface area contributed by atoms with Crippen molar-refractivity contribution in [2.45, 2.75) is 32.2 Å². The van der Waals surface area contributed by atoms with Crippen molar-refractivity contribution in [3.63, 3.8) is 0 Å². The maximum atomic E-state index is 12.8. The van der Waals surface area contributed by atoms with Gasteiger partial charge in [0.2, 0.25) is 0 Å². The summed E-state index contributed by atoms with van der Waals surface area (Å²) in [6.45, 7) is 2.42. The number of hydrogen-bond donors (Lipinski definition) is 1. The molecule has 0 aliphatic carbocycles. The number of non-ortho nitro benzene ring substituents is 1. The zero-order chi connectivity index (χ0) is 21.8. The highest BCUT2D eigenvalue weighted by atomic mass is 35.5. The second-order valence-corrected chi connectivity index (χ2v) is 7.49. The van der Waals surface area contributed by atoms with Gasteiger partial charge in [-0.2, -0.15) is 0 Å². The van der Waals surface area contributed by atoms with Crippen LogP contribution < -0.4 is 0 Å². The first kappa shape index (κ1) is 21.5. The first-order valence-electron chi connectivity index (χ1n) is 9.63. The predicted molar refractivity (Wildman–Crippen MR) is 113 cm³/mol. The average molecular weight is 429 g/mol. The van der Waals surface area contributed by atoms with Gasteiger partial charge in [0.1, 0.15) is 5.76 Å². The van der Waals surface area contributed by atoms with Gasteiger partial charge in [-0.05, 0) is 36.2 Å². The first-order chi connectivity index (χ1) is 14.3. The predicted octanol–water partition coefficient (Wildman–Crippen LogP) is 4.86. The number of benzene rings is 2. The van der Waals surface area contributed by atoms with E-state index in [1.807, 2.05) is 6.92 Å². The maximum absolute atomic E-state index is 12.8. The van der Waals surface area contributed by atoms with Crippen molar-refractivity contribution in [1.82, 2.24) is 4.90 Å². The molecule has 156 valence electrons. The molecule has 0 radical (unpaired) electrons. The van der Waals surface area contributed by atoms with Crippen molar-refractivity contribution in [3.05, 3.63) is 80.4 Å². The Labute approximate surface area is 178 Å². The number of nitro groups is 1. The average Bonchev–Trinajstić information content (AvgIpc) is 2.99. The van der Waals surface area contributed by atoms with E-state index in [1.165, 1.54) is 29.2 Å². The summed E-state index contributed by atoms with van der Waals surface area (Å²) >= 11 is 5.99. The summed E-state index contributed by atoms with van der Waals surface area (Å²) in [4.78, 5) is 37.4. The van der Waals surface area contributed by atoms with Crippen LogP contribution in [-0.4, -0.2) is 33.2 Å². The second kappa shape index (κ2) is 9.09. The highest BCUT2D eigenvalue weighted by Gasteiger charge is 2.45. The second-order valence-electron chi connectivity index (χ2n) is 7.06. The van der Waals surface area contributed by atoms with E-state index in [4.69, 9.17) is 11.6 Å². The molecule has 7 nitrogen and oxygen atoms in total. The lowest BCUT2D eigenvalue weighted by Gasteiger charge is -2.25. The van der Waals surface area contributed by atoms with E-state index in [9.17, 15) is 24.8 Å². The van der Waals surface area contributed by atoms with E-state index in [2.05, 4.69) is 0 Å². The number of nitrogens with zero attached hydrogens (tertiary/aromatic N) is 2. The molecule has 1 amide bonds. The van der Waals surface area contributed by atoms with E-state index in [0.717, 1.165) is 19.3 Å². The summed E-state index contributed by atoms with van der Waals surface area (Å²) in [5.41, 5.74) is 0.707. The fourth-order valence-electron chi connectivity index (χ4n) is 3.53. The smallest absolute Gasteiger partial charge is 0.295 e. The molecule has 0 spiro atoms. The number of Topliss-reactive ketones (excluding diaryl/α,β-unsaturated/α-hetero) is 1. The Bertz CT molecular complexity index is 999. The molecule has 8 heteroatoms. The van der Waals surface area contributed by atoms with Gasteiger partial charge in [-0.3, -0.25) is 19.7 Å². The summed E-state index contributed by atoms with van der Waals surface area (Å²) < 4.78 is 0. The van der Waals surface area contributed by atoms with Gasteiger partial charge < -0.3 is 10.0 Å².